The van der Waals surface area contributed by atoms with Gasteiger partial charge in [0.25, 0.3) is 0 Å². The molecule has 0 spiro atoms. The molecule has 344 valence electrons. The van der Waals surface area contributed by atoms with Crippen molar-refractivity contribution in [2.45, 2.75) is 239 Å². The van der Waals surface area contributed by atoms with Gasteiger partial charge in [0.2, 0.25) is 0 Å². The third kappa shape index (κ3) is 45.9. The van der Waals surface area contributed by atoms with Crippen molar-refractivity contribution < 1.29 is 28.6 Å². The van der Waals surface area contributed by atoms with Crippen LogP contribution in [0.5, 0.6) is 0 Å². The van der Waals surface area contributed by atoms with Crippen molar-refractivity contribution in [2.75, 3.05) is 13.2 Å². The Morgan fingerprint density at radius 2 is 0.650 bits per heavy atom. The average molecular weight is 837 g/mol. The summed E-state index contributed by atoms with van der Waals surface area (Å²) < 4.78 is 16.7. The number of esters is 3. The quantitative estimate of drug-likeness (QED) is 0.0263. The molecule has 0 aromatic carbocycles. The van der Waals surface area contributed by atoms with Crippen molar-refractivity contribution in [2.24, 2.45) is 0 Å². The van der Waals surface area contributed by atoms with Crippen LogP contribution in [-0.2, 0) is 28.6 Å². The second-order valence-corrected chi connectivity index (χ2v) is 16.4. The number of unbranched alkanes of at least 4 members (excludes halogenated alkanes) is 21. The summed E-state index contributed by atoms with van der Waals surface area (Å²) in [5, 5.41) is 0. The van der Waals surface area contributed by atoms with Crippen LogP contribution >= 0.6 is 0 Å². The van der Waals surface area contributed by atoms with Gasteiger partial charge in [-0.15, -0.1) is 0 Å². The van der Waals surface area contributed by atoms with Crippen LogP contribution in [0.1, 0.15) is 233 Å². The molecule has 0 rings (SSSR count). The van der Waals surface area contributed by atoms with Crippen molar-refractivity contribution in [3.63, 3.8) is 0 Å². The second-order valence-electron chi connectivity index (χ2n) is 16.4. The second kappa shape index (κ2) is 48.5. The zero-order valence-electron chi connectivity index (χ0n) is 39.2. The normalized spacial score (nSPS) is 12.7. The molecule has 0 N–H and O–H groups in total. The highest BCUT2D eigenvalue weighted by molar-refractivity contribution is 5.71. The van der Waals surface area contributed by atoms with Gasteiger partial charge in [-0.3, -0.25) is 14.4 Å². The van der Waals surface area contributed by atoms with E-state index < -0.39 is 6.10 Å². The lowest BCUT2D eigenvalue weighted by molar-refractivity contribution is -0.167. The molecular formula is C54H92O6. The Balaban J connectivity index is 4.29. The Bertz CT molecular complexity index is 1140. The minimum absolute atomic E-state index is 0.0816. The summed E-state index contributed by atoms with van der Waals surface area (Å²) in [6.07, 6.45) is 60.4. The number of ether oxygens (including phenoxy) is 3. The van der Waals surface area contributed by atoms with Gasteiger partial charge in [-0.1, -0.05) is 216 Å². The van der Waals surface area contributed by atoms with Gasteiger partial charge in [-0.2, -0.15) is 0 Å². The van der Waals surface area contributed by atoms with Gasteiger partial charge < -0.3 is 14.2 Å². The lowest BCUT2D eigenvalue weighted by Gasteiger charge is -2.18. The summed E-state index contributed by atoms with van der Waals surface area (Å²) in [7, 11) is 0. The standard InChI is InChI=1S/C54H92O6/c1-4-7-10-13-16-19-21-22-23-24-25-26-27-28-29-30-31-32-34-35-38-41-44-47-53(56)59-50-51(49-58-52(55)46-43-40-37-18-15-12-9-6-3)60-54(57)48-45-42-39-36-33-20-17-14-11-8-5-2/h7,10,16,19,22-23,25-26,28-29,31-32,51H,4-6,8-9,11-15,17-18,20-21,24,27,30,33-50H2,1-3H3/b10-7-,19-16-,23-22-,26-25-,29-28-,32-31-. The smallest absolute Gasteiger partial charge is 0.306 e. The van der Waals surface area contributed by atoms with E-state index in [9.17, 15) is 14.4 Å². The van der Waals surface area contributed by atoms with Crippen molar-refractivity contribution >= 4 is 17.9 Å². The molecule has 0 aliphatic carbocycles. The van der Waals surface area contributed by atoms with E-state index in [4.69, 9.17) is 14.2 Å². The minimum Gasteiger partial charge on any atom is -0.462 e. The molecule has 6 heteroatoms. The molecule has 0 radical (unpaired) electrons. The highest BCUT2D eigenvalue weighted by Crippen LogP contribution is 2.14. The first-order chi connectivity index (χ1) is 29.5. The summed E-state index contributed by atoms with van der Waals surface area (Å²) in [5.74, 6) is -0.913. The lowest BCUT2D eigenvalue weighted by Crippen LogP contribution is -2.30. The number of carbonyl (C=O) groups excluding carboxylic acids is 3. The monoisotopic (exact) mass is 837 g/mol. The Morgan fingerprint density at radius 3 is 1.02 bits per heavy atom. The largest absolute Gasteiger partial charge is 0.462 e. The molecule has 0 aliphatic heterocycles. The number of hydrogen-bond acceptors (Lipinski definition) is 6. The number of carbonyl (C=O) groups is 3. The Kier molecular flexibility index (Phi) is 46.0. The summed E-state index contributed by atoms with van der Waals surface area (Å²) >= 11 is 0. The van der Waals surface area contributed by atoms with Crippen LogP contribution in [0.3, 0.4) is 0 Å². The topological polar surface area (TPSA) is 78.9 Å². The van der Waals surface area contributed by atoms with Crippen LogP contribution in [0.2, 0.25) is 0 Å². The maximum Gasteiger partial charge on any atom is 0.306 e. The summed E-state index contributed by atoms with van der Waals surface area (Å²) in [5.41, 5.74) is 0. The summed E-state index contributed by atoms with van der Waals surface area (Å²) in [6, 6.07) is 0. The Labute approximate surface area is 370 Å². The number of rotatable bonds is 44. The third-order valence-electron chi connectivity index (χ3n) is 10.5. The van der Waals surface area contributed by atoms with E-state index in [1.165, 1.54) is 83.5 Å². The fourth-order valence-electron chi connectivity index (χ4n) is 6.74. The first-order valence-electron chi connectivity index (χ1n) is 24.9. The Hall–Kier alpha value is -3.15. The predicted molar refractivity (Wildman–Crippen MR) is 256 cm³/mol. The minimum atomic E-state index is -0.780. The van der Waals surface area contributed by atoms with E-state index in [0.29, 0.717) is 19.3 Å². The molecule has 0 saturated heterocycles. The van der Waals surface area contributed by atoms with Gasteiger partial charge in [0, 0.05) is 19.3 Å². The zero-order chi connectivity index (χ0) is 43.7. The molecule has 0 aromatic heterocycles. The molecule has 0 amide bonds. The third-order valence-corrected chi connectivity index (χ3v) is 10.5. The van der Waals surface area contributed by atoms with E-state index in [0.717, 1.165) is 109 Å². The molecular weight excluding hydrogens is 745 g/mol. The SMILES string of the molecule is CC/C=C\C/C=C\C/C=C\C/C=C\C/C=C\C/C=C\CCCCCCC(=O)OCC(COC(=O)CCCCCCCCCC)OC(=O)CCCCCCCCCCCCC. The van der Waals surface area contributed by atoms with E-state index >= 15 is 0 Å². The first kappa shape index (κ1) is 56.9. The van der Waals surface area contributed by atoms with Crippen LogP contribution in [0, 0.1) is 0 Å². The van der Waals surface area contributed by atoms with Crippen molar-refractivity contribution in [1.29, 1.82) is 0 Å². The van der Waals surface area contributed by atoms with Gasteiger partial charge in [0.05, 0.1) is 0 Å². The van der Waals surface area contributed by atoms with Gasteiger partial charge in [0.1, 0.15) is 13.2 Å². The molecule has 0 bridgehead atoms. The highest BCUT2D eigenvalue weighted by Gasteiger charge is 2.19. The first-order valence-corrected chi connectivity index (χ1v) is 24.9. The van der Waals surface area contributed by atoms with Crippen molar-refractivity contribution in [1.82, 2.24) is 0 Å². The van der Waals surface area contributed by atoms with Gasteiger partial charge in [0.15, 0.2) is 6.10 Å². The van der Waals surface area contributed by atoms with E-state index in [-0.39, 0.29) is 31.1 Å². The van der Waals surface area contributed by atoms with Crippen LogP contribution < -0.4 is 0 Å². The van der Waals surface area contributed by atoms with Gasteiger partial charge >= 0.3 is 17.9 Å². The van der Waals surface area contributed by atoms with Crippen molar-refractivity contribution in [3.05, 3.63) is 72.9 Å². The van der Waals surface area contributed by atoms with Gasteiger partial charge in [-0.05, 0) is 70.6 Å². The van der Waals surface area contributed by atoms with Gasteiger partial charge in [-0.25, -0.2) is 0 Å². The number of allylic oxidation sites excluding steroid dienone is 12. The van der Waals surface area contributed by atoms with E-state index in [1.54, 1.807) is 0 Å². The van der Waals surface area contributed by atoms with E-state index in [1.807, 2.05) is 0 Å². The summed E-state index contributed by atoms with van der Waals surface area (Å²) in [6.45, 7) is 6.46. The molecule has 0 saturated carbocycles. The zero-order valence-corrected chi connectivity index (χ0v) is 39.2. The molecule has 1 unspecified atom stereocenters. The molecule has 0 fully saturated rings. The maximum atomic E-state index is 12.7. The fourth-order valence-corrected chi connectivity index (χ4v) is 6.74. The van der Waals surface area contributed by atoms with Crippen molar-refractivity contribution in [3.8, 4) is 0 Å². The average Bonchev–Trinajstić information content (AvgIpc) is 3.24. The van der Waals surface area contributed by atoms with Crippen LogP contribution in [0.15, 0.2) is 72.9 Å². The Morgan fingerprint density at radius 1 is 0.350 bits per heavy atom. The van der Waals surface area contributed by atoms with Crippen LogP contribution in [0.4, 0.5) is 0 Å². The highest BCUT2D eigenvalue weighted by atomic mass is 16.6. The molecule has 0 heterocycles. The van der Waals surface area contributed by atoms with Crippen LogP contribution in [-0.4, -0.2) is 37.2 Å². The van der Waals surface area contributed by atoms with E-state index in [2.05, 4.69) is 93.7 Å². The lowest BCUT2D eigenvalue weighted by atomic mass is 10.1. The predicted octanol–water partition coefficient (Wildman–Crippen LogP) is 16.3. The molecule has 6 nitrogen and oxygen atoms in total. The molecule has 0 aliphatic rings. The molecule has 0 aromatic rings. The molecule has 1 atom stereocenters. The maximum absolute atomic E-state index is 12.7. The number of hydrogen-bond donors (Lipinski definition) is 0. The fraction of sp³-hybridized carbons (Fsp3) is 0.722. The molecule has 60 heavy (non-hydrogen) atoms. The summed E-state index contributed by atoms with van der Waals surface area (Å²) in [4.78, 5) is 37.7. The van der Waals surface area contributed by atoms with Crippen LogP contribution in [0.25, 0.3) is 0 Å².